The second kappa shape index (κ2) is 9.65. The lowest BCUT2D eigenvalue weighted by Gasteiger charge is -2.16. The van der Waals surface area contributed by atoms with Crippen molar-refractivity contribution in [1.82, 2.24) is 0 Å². The zero-order valence-electron chi connectivity index (χ0n) is 16.1. The molecule has 0 aliphatic rings. The van der Waals surface area contributed by atoms with Gasteiger partial charge in [-0.15, -0.1) is 0 Å². The van der Waals surface area contributed by atoms with Crippen molar-refractivity contribution in [2.45, 2.75) is 38.5 Å². The van der Waals surface area contributed by atoms with Crippen LogP contribution < -0.4 is 4.74 Å². The maximum Gasteiger partial charge on any atom is 0.343 e. The van der Waals surface area contributed by atoms with Gasteiger partial charge in [0.1, 0.15) is 5.75 Å². The van der Waals surface area contributed by atoms with Crippen LogP contribution in [0.3, 0.4) is 0 Å². The van der Waals surface area contributed by atoms with Crippen LogP contribution in [0, 0.1) is 0 Å². The molecule has 0 heterocycles. The van der Waals surface area contributed by atoms with Crippen LogP contribution in [-0.2, 0) is 0 Å². The Morgan fingerprint density at radius 1 is 0.778 bits per heavy atom. The second-order valence-electron chi connectivity index (χ2n) is 7.10. The lowest BCUT2D eigenvalue weighted by atomic mass is 9.92. The van der Waals surface area contributed by atoms with E-state index in [-0.39, 0.29) is 37.6 Å². The van der Waals surface area contributed by atoms with Crippen LogP contribution in [0.25, 0.3) is 0 Å². The van der Waals surface area contributed by atoms with Crippen LogP contribution in [0.4, 0.5) is 0 Å². The minimum Gasteiger partial charge on any atom is -0.423 e. The maximum absolute atomic E-state index is 12.6. The fourth-order valence-electron chi connectivity index (χ4n) is 2.71. The Bertz CT molecular complexity index is 726. The first-order valence-electron chi connectivity index (χ1n) is 9.19. The zero-order valence-corrected chi connectivity index (χ0v) is 16.1. The van der Waals surface area contributed by atoms with Gasteiger partial charge in [0.2, 0.25) is 0 Å². The van der Waals surface area contributed by atoms with Gasteiger partial charge in [-0.1, -0.05) is 39.0 Å². The van der Waals surface area contributed by atoms with Gasteiger partial charge in [0.15, 0.2) is 0 Å². The molecule has 5 heteroatoms. The normalized spacial score (nSPS) is 14.4. The smallest absolute Gasteiger partial charge is 0.343 e. The standard InChI is InChI=1S/C22H28O5/c1-14(11-23)17-4-6-21(7-5-17)27-22(26)20-9-18(15(2)12-24)8-19(10-20)16(3)13-25/h4-10,14-16,23-25H,11-13H2,1-3H3. The molecule has 0 aliphatic heterocycles. The number of esters is 1. The molecule has 3 atom stereocenters. The van der Waals surface area contributed by atoms with Gasteiger partial charge in [0.25, 0.3) is 0 Å². The SMILES string of the molecule is CC(CO)c1ccc(OC(=O)c2cc(C(C)CO)cc(C(C)CO)c2)cc1. The number of hydrogen-bond acceptors (Lipinski definition) is 5. The van der Waals surface area contributed by atoms with Crippen LogP contribution in [0.5, 0.6) is 5.75 Å². The number of aliphatic hydroxyl groups is 3. The summed E-state index contributed by atoms with van der Waals surface area (Å²) in [6, 6.07) is 12.4. The topological polar surface area (TPSA) is 87.0 Å². The average molecular weight is 372 g/mol. The summed E-state index contributed by atoms with van der Waals surface area (Å²) >= 11 is 0. The van der Waals surface area contributed by atoms with Crippen molar-refractivity contribution in [2.24, 2.45) is 0 Å². The number of aliphatic hydroxyl groups excluding tert-OH is 3. The fourth-order valence-corrected chi connectivity index (χ4v) is 2.71. The minimum atomic E-state index is -0.490. The Morgan fingerprint density at radius 2 is 1.22 bits per heavy atom. The number of benzene rings is 2. The van der Waals surface area contributed by atoms with Crippen LogP contribution in [0.2, 0.25) is 0 Å². The minimum absolute atomic E-state index is 0.0222. The zero-order chi connectivity index (χ0) is 20.0. The van der Waals surface area contributed by atoms with Crippen molar-refractivity contribution in [3.05, 3.63) is 64.7 Å². The summed E-state index contributed by atoms with van der Waals surface area (Å²) in [4.78, 5) is 12.6. The quantitative estimate of drug-likeness (QED) is 0.489. The summed E-state index contributed by atoms with van der Waals surface area (Å²) in [7, 11) is 0. The van der Waals surface area contributed by atoms with Gasteiger partial charge < -0.3 is 20.1 Å². The number of carbonyl (C=O) groups is 1. The molecule has 27 heavy (non-hydrogen) atoms. The summed E-state index contributed by atoms with van der Waals surface area (Å²) in [6.45, 7) is 5.66. The number of hydrogen-bond donors (Lipinski definition) is 3. The van der Waals surface area contributed by atoms with Crippen LogP contribution >= 0.6 is 0 Å². The molecule has 0 aliphatic carbocycles. The first-order chi connectivity index (χ1) is 12.9. The predicted octanol–water partition coefficient (Wildman–Crippen LogP) is 3.19. The van der Waals surface area contributed by atoms with E-state index in [1.807, 2.05) is 39.0 Å². The molecule has 0 radical (unpaired) electrons. The van der Waals surface area contributed by atoms with Crippen molar-refractivity contribution < 1.29 is 24.9 Å². The largest absolute Gasteiger partial charge is 0.423 e. The third-order valence-corrected chi connectivity index (χ3v) is 4.83. The van der Waals surface area contributed by atoms with Gasteiger partial charge in [-0.25, -0.2) is 4.79 Å². The molecule has 2 aromatic rings. The first kappa shape index (κ1) is 21.1. The van der Waals surface area contributed by atoms with Gasteiger partial charge >= 0.3 is 5.97 Å². The Kier molecular flexibility index (Phi) is 7.54. The highest BCUT2D eigenvalue weighted by Gasteiger charge is 2.16. The van der Waals surface area contributed by atoms with Crippen LogP contribution in [0.15, 0.2) is 42.5 Å². The molecule has 0 bridgehead atoms. The molecule has 146 valence electrons. The summed E-state index contributed by atoms with van der Waals surface area (Å²) in [5, 5.41) is 28.1. The molecule has 2 rings (SSSR count). The molecule has 0 amide bonds. The molecule has 3 N–H and O–H groups in total. The summed E-state index contributed by atoms with van der Waals surface area (Å²) in [6.07, 6.45) is 0. The van der Waals surface area contributed by atoms with Crippen molar-refractivity contribution >= 4 is 5.97 Å². The summed E-state index contributed by atoms with van der Waals surface area (Å²) in [5.41, 5.74) is 3.01. The highest BCUT2D eigenvalue weighted by Crippen LogP contribution is 2.25. The van der Waals surface area contributed by atoms with Crippen molar-refractivity contribution in [1.29, 1.82) is 0 Å². The molecular weight excluding hydrogens is 344 g/mol. The molecule has 0 spiro atoms. The van der Waals surface area contributed by atoms with Crippen molar-refractivity contribution in [2.75, 3.05) is 19.8 Å². The van der Waals surface area contributed by atoms with Gasteiger partial charge in [0, 0.05) is 37.6 Å². The maximum atomic E-state index is 12.6. The highest BCUT2D eigenvalue weighted by atomic mass is 16.5. The van der Waals surface area contributed by atoms with Crippen LogP contribution in [-0.4, -0.2) is 41.1 Å². The van der Waals surface area contributed by atoms with E-state index in [1.165, 1.54) is 0 Å². The third-order valence-electron chi connectivity index (χ3n) is 4.83. The monoisotopic (exact) mass is 372 g/mol. The third kappa shape index (κ3) is 5.39. The van der Waals surface area contributed by atoms with Crippen molar-refractivity contribution in [3.63, 3.8) is 0 Å². The lowest BCUT2D eigenvalue weighted by molar-refractivity contribution is 0.0734. The number of carbonyl (C=O) groups excluding carboxylic acids is 1. The van der Waals surface area contributed by atoms with E-state index in [0.29, 0.717) is 11.3 Å². The Morgan fingerprint density at radius 3 is 1.67 bits per heavy atom. The average Bonchev–Trinajstić information content (AvgIpc) is 2.71. The number of ether oxygens (including phenoxy) is 1. The lowest BCUT2D eigenvalue weighted by Crippen LogP contribution is -2.12. The van der Waals surface area contributed by atoms with E-state index in [1.54, 1.807) is 24.3 Å². The van der Waals surface area contributed by atoms with E-state index in [4.69, 9.17) is 4.74 Å². The first-order valence-corrected chi connectivity index (χ1v) is 9.19. The summed E-state index contributed by atoms with van der Waals surface area (Å²) < 4.78 is 5.48. The number of rotatable bonds is 8. The molecule has 0 saturated heterocycles. The van der Waals surface area contributed by atoms with E-state index in [0.717, 1.165) is 16.7 Å². The van der Waals surface area contributed by atoms with Gasteiger partial charge in [-0.2, -0.15) is 0 Å². The Balaban J connectivity index is 2.26. The van der Waals surface area contributed by atoms with Gasteiger partial charge in [-0.05, 0) is 41.0 Å². The highest BCUT2D eigenvalue weighted by molar-refractivity contribution is 5.91. The van der Waals surface area contributed by atoms with E-state index in [2.05, 4.69) is 0 Å². The van der Waals surface area contributed by atoms with Crippen LogP contribution in [0.1, 0.15) is 65.6 Å². The Labute approximate surface area is 160 Å². The van der Waals surface area contributed by atoms with Gasteiger partial charge in [0.05, 0.1) is 5.56 Å². The molecule has 2 aromatic carbocycles. The Hall–Kier alpha value is -2.21. The predicted molar refractivity (Wildman–Crippen MR) is 104 cm³/mol. The molecule has 0 saturated carbocycles. The van der Waals surface area contributed by atoms with E-state index >= 15 is 0 Å². The van der Waals surface area contributed by atoms with E-state index < -0.39 is 5.97 Å². The molecule has 5 nitrogen and oxygen atoms in total. The molecule has 0 aromatic heterocycles. The fraction of sp³-hybridized carbons (Fsp3) is 0.409. The molecule has 0 fully saturated rings. The van der Waals surface area contributed by atoms with Gasteiger partial charge in [-0.3, -0.25) is 0 Å². The van der Waals surface area contributed by atoms with E-state index in [9.17, 15) is 20.1 Å². The second-order valence-corrected chi connectivity index (χ2v) is 7.10. The molecule has 3 unspecified atom stereocenters. The molecular formula is C22H28O5. The summed E-state index contributed by atoms with van der Waals surface area (Å²) in [5.74, 6) is -0.292. The van der Waals surface area contributed by atoms with Crippen molar-refractivity contribution in [3.8, 4) is 5.75 Å².